The van der Waals surface area contributed by atoms with Gasteiger partial charge in [-0.05, 0) is 6.92 Å². The smallest absolute Gasteiger partial charge is 0.364 e. The van der Waals surface area contributed by atoms with Crippen molar-refractivity contribution < 1.29 is 36.9 Å². The molecule has 1 aliphatic rings. The van der Waals surface area contributed by atoms with Gasteiger partial charge in [0, 0.05) is 5.38 Å². The van der Waals surface area contributed by atoms with E-state index in [2.05, 4.69) is 25.8 Å². The van der Waals surface area contributed by atoms with E-state index in [0.717, 1.165) is 10.9 Å². The zero-order valence-electron chi connectivity index (χ0n) is 16.2. The van der Waals surface area contributed by atoms with E-state index in [4.69, 9.17) is 15.3 Å². The SMILES string of the molecule is CCOC(=O)c1cnnn1[C@H]1[C@H](NC(=O)C=NOCc2csc(N)n2)C(=O)N1S(=O)(=O)O. The molecule has 18 heteroatoms. The average molecular weight is 488 g/mol. The van der Waals surface area contributed by atoms with Gasteiger partial charge in [0.25, 0.3) is 11.8 Å². The second-order valence-corrected chi connectivity index (χ2v) is 8.16. The van der Waals surface area contributed by atoms with Gasteiger partial charge in [0.1, 0.15) is 6.21 Å². The van der Waals surface area contributed by atoms with Crippen molar-refractivity contribution in [3.05, 3.63) is 23.0 Å². The zero-order valence-corrected chi connectivity index (χ0v) is 17.8. The first-order chi connectivity index (χ1) is 15.1. The van der Waals surface area contributed by atoms with Crippen LogP contribution in [-0.2, 0) is 36.1 Å². The molecule has 0 aliphatic carbocycles. The Kier molecular flexibility index (Phi) is 6.65. The molecule has 16 nitrogen and oxygen atoms in total. The molecule has 0 unspecified atom stereocenters. The molecule has 2 atom stereocenters. The Morgan fingerprint density at radius 2 is 2.22 bits per heavy atom. The minimum absolute atomic E-state index is 0.000252. The molecule has 32 heavy (non-hydrogen) atoms. The van der Waals surface area contributed by atoms with Gasteiger partial charge >= 0.3 is 16.3 Å². The van der Waals surface area contributed by atoms with Gasteiger partial charge in [-0.3, -0.25) is 14.1 Å². The molecule has 1 saturated heterocycles. The van der Waals surface area contributed by atoms with Crippen molar-refractivity contribution >= 4 is 50.8 Å². The summed E-state index contributed by atoms with van der Waals surface area (Å²) < 4.78 is 38.2. The third-order valence-electron chi connectivity index (χ3n) is 3.90. The number of β-lactam (4-membered cyclic amide) rings is 1. The molecule has 0 bridgehead atoms. The van der Waals surface area contributed by atoms with Crippen LogP contribution in [0, 0.1) is 0 Å². The van der Waals surface area contributed by atoms with Crippen LogP contribution in [-0.4, -0.2) is 73.9 Å². The van der Waals surface area contributed by atoms with Gasteiger partial charge in [0.2, 0.25) is 0 Å². The summed E-state index contributed by atoms with van der Waals surface area (Å²) in [6.45, 7) is 1.47. The Hall–Kier alpha value is -3.64. The van der Waals surface area contributed by atoms with Crippen molar-refractivity contribution in [2.75, 3.05) is 12.3 Å². The first kappa shape index (κ1) is 23.0. The summed E-state index contributed by atoms with van der Waals surface area (Å²) in [5.74, 6) is -3.02. The van der Waals surface area contributed by atoms with Crippen molar-refractivity contribution in [2.24, 2.45) is 5.16 Å². The fourth-order valence-electron chi connectivity index (χ4n) is 2.63. The Morgan fingerprint density at radius 3 is 2.84 bits per heavy atom. The highest BCUT2D eigenvalue weighted by Gasteiger charge is 2.56. The predicted molar refractivity (Wildman–Crippen MR) is 105 cm³/mol. The van der Waals surface area contributed by atoms with Crippen molar-refractivity contribution in [3.63, 3.8) is 0 Å². The van der Waals surface area contributed by atoms with Crippen molar-refractivity contribution in [2.45, 2.75) is 25.7 Å². The normalized spacial score (nSPS) is 18.4. The number of nitrogens with zero attached hydrogens (tertiary/aromatic N) is 6. The van der Waals surface area contributed by atoms with Crippen LogP contribution in [0.4, 0.5) is 5.13 Å². The second kappa shape index (κ2) is 9.24. The molecule has 2 aromatic rings. The number of carbonyl (C=O) groups excluding carboxylic acids is 3. The third kappa shape index (κ3) is 4.81. The maximum atomic E-state index is 12.3. The number of amides is 2. The Morgan fingerprint density at radius 1 is 1.47 bits per heavy atom. The first-order valence-electron chi connectivity index (χ1n) is 8.67. The van der Waals surface area contributed by atoms with E-state index >= 15 is 0 Å². The highest BCUT2D eigenvalue weighted by atomic mass is 32.2. The summed E-state index contributed by atoms with van der Waals surface area (Å²) in [6, 6.07) is -1.52. The second-order valence-electron chi connectivity index (χ2n) is 5.98. The fraction of sp³-hybridized carbons (Fsp3) is 0.357. The molecule has 1 fully saturated rings. The van der Waals surface area contributed by atoms with Gasteiger partial charge in [-0.25, -0.2) is 14.5 Å². The molecule has 172 valence electrons. The van der Waals surface area contributed by atoms with Gasteiger partial charge in [0.15, 0.2) is 29.6 Å². The summed E-state index contributed by atoms with van der Waals surface area (Å²) in [7, 11) is -5.05. The molecule has 0 saturated carbocycles. The van der Waals surface area contributed by atoms with E-state index in [1.54, 1.807) is 5.38 Å². The molecule has 2 amide bonds. The Bertz CT molecular complexity index is 1160. The Balaban J connectivity index is 1.72. The summed E-state index contributed by atoms with van der Waals surface area (Å²) in [4.78, 5) is 45.3. The summed E-state index contributed by atoms with van der Waals surface area (Å²) in [5, 5.41) is 14.7. The number of ether oxygens (including phenoxy) is 1. The van der Waals surface area contributed by atoms with Crippen molar-refractivity contribution in [3.8, 4) is 0 Å². The van der Waals surface area contributed by atoms with E-state index in [1.807, 2.05) is 0 Å². The monoisotopic (exact) mass is 488 g/mol. The topological polar surface area (TPSA) is 221 Å². The molecule has 0 radical (unpaired) electrons. The number of oxime groups is 1. The lowest BCUT2D eigenvalue weighted by Gasteiger charge is -2.43. The van der Waals surface area contributed by atoms with E-state index in [-0.39, 0.29) is 23.2 Å². The molecule has 0 spiro atoms. The van der Waals surface area contributed by atoms with Crippen LogP contribution in [0.1, 0.15) is 29.3 Å². The number of esters is 1. The minimum atomic E-state index is -5.05. The molecular formula is C14H16N8O8S2. The highest BCUT2D eigenvalue weighted by Crippen LogP contribution is 2.33. The minimum Gasteiger partial charge on any atom is -0.461 e. The number of nitrogen functional groups attached to an aromatic ring is 1. The van der Waals surface area contributed by atoms with Crippen LogP contribution in [0.2, 0.25) is 0 Å². The lowest BCUT2D eigenvalue weighted by atomic mass is 10.1. The largest absolute Gasteiger partial charge is 0.461 e. The van der Waals surface area contributed by atoms with E-state index in [0.29, 0.717) is 17.0 Å². The Labute approximate surface area is 183 Å². The highest BCUT2D eigenvalue weighted by molar-refractivity contribution is 7.84. The van der Waals surface area contributed by atoms with Crippen LogP contribution in [0.3, 0.4) is 0 Å². The number of nitrogens with two attached hydrogens (primary N) is 1. The number of thiazole rings is 1. The fourth-order valence-corrected chi connectivity index (χ4v) is 4.01. The number of hydrogen-bond donors (Lipinski definition) is 3. The molecule has 0 aromatic carbocycles. The third-order valence-corrected chi connectivity index (χ3v) is 5.52. The van der Waals surface area contributed by atoms with Crippen molar-refractivity contribution in [1.82, 2.24) is 29.6 Å². The number of anilines is 1. The number of aromatic nitrogens is 4. The van der Waals surface area contributed by atoms with Crippen molar-refractivity contribution in [1.29, 1.82) is 0 Å². The molecule has 2 aromatic heterocycles. The van der Waals surface area contributed by atoms with Crippen LogP contribution in [0.5, 0.6) is 0 Å². The number of rotatable bonds is 9. The van der Waals surface area contributed by atoms with E-state index < -0.39 is 40.3 Å². The van der Waals surface area contributed by atoms with Gasteiger partial charge in [0.05, 0.1) is 18.5 Å². The van der Waals surface area contributed by atoms with Gasteiger partial charge < -0.3 is 20.6 Å². The van der Waals surface area contributed by atoms with E-state index in [9.17, 15) is 27.4 Å². The molecule has 3 rings (SSSR count). The van der Waals surface area contributed by atoms with Crippen LogP contribution in [0.15, 0.2) is 16.7 Å². The predicted octanol–water partition coefficient (Wildman–Crippen LogP) is -1.68. The summed E-state index contributed by atoms with van der Waals surface area (Å²) >= 11 is 1.19. The van der Waals surface area contributed by atoms with Gasteiger partial charge in [-0.15, -0.1) is 16.4 Å². The number of nitrogens with one attached hydrogen (secondary N) is 1. The molecule has 1 aliphatic heterocycles. The average Bonchev–Trinajstić information content (AvgIpc) is 3.35. The number of carbonyl (C=O) groups is 3. The quantitative estimate of drug-likeness (QED) is 0.118. The van der Waals surface area contributed by atoms with Gasteiger partial charge in [-0.1, -0.05) is 10.4 Å². The van der Waals surface area contributed by atoms with Gasteiger partial charge in [-0.2, -0.15) is 12.7 Å². The lowest BCUT2D eigenvalue weighted by molar-refractivity contribution is -0.149. The van der Waals surface area contributed by atoms with E-state index in [1.165, 1.54) is 18.3 Å². The first-order valence-corrected chi connectivity index (χ1v) is 10.9. The van der Waals surface area contributed by atoms with Crippen LogP contribution in [0.25, 0.3) is 0 Å². The molecular weight excluding hydrogens is 472 g/mol. The lowest BCUT2D eigenvalue weighted by Crippen LogP contribution is -2.69. The summed E-state index contributed by atoms with van der Waals surface area (Å²) in [5.41, 5.74) is 5.65. The van der Waals surface area contributed by atoms with Crippen LogP contribution >= 0.6 is 11.3 Å². The summed E-state index contributed by atoms with van der Waals surface area (Å²) in [6.07, 6.45) is 0.0576. The maximum Gasteiger partial charge on any atom is 0.364 e. The zero-order chi connectivity index (χ0) is 23.5. The standard InChI is InChI=1S/C14H16N8O8S2/c1-2-29-13(25)8-3-16-20-21(8)11-10(12(24)22(11)32(26,27)28)19-9(23)4-17-30-5-7-6-31-14(15)18-7/h3-4,6,10-11H,2,5H2,1H3,(H2,15,18)(H,19,23)(H,26,27,28)/t10-,11+/m0/s1. The van der Waals surface area contributed by atoms with Crippen LogP contribution < -0.4 is 11.1 Å². The molecule has 3 heterocycles. The maximum absolute atomic E-state index is 12.3. The number of hydrogen-bond acceptors (Lipinski definition) is 13. The molecule has 4 N–H and O–H groups in total.